The first-order valence-electron chi connectivity index (χ1n) is 4.77. The molecule has 0 rings (SSSR count). The Labute approximate surface area is 89.8 Å². The summed E-state index contributed by atoms with van der Waals surface area (Å²) in [6.07, 6.45) is -0.0844. The minimum atomic E-state index is -0.923. The highest BCUT2D eigenvalue weighted by Gasteiger charge is 2.28. The first-order valence-corrected chi connectivity index (χ1v) is 4.77. The lowest BCUT2D eigenvalue weighted by molar-refractivity contribution is -0.138. The van der Waals surface area contributed by atoms with Crippen molar-refractivity contribution in [2.75, 3.05) is 13.7 Å². The van der Waals surface area contributed by atoms with Crippen LogP contribution in [-0.2, 0) is 14.3 Å². The van der Waals surface area contributed by atoms with Crippen LogP contribution < -0.4 is 5.32 Å². The average Bonchev–Trinajstić information content (AvgIpc) is 2.00. The summed E-state index contributed by atoms with van der Waals surface area (Å²) in [5.41, 5.74) is -0.290. The lowest BCUT2D eigenvalue weighted by atomic mass is 9.85. The number of rotatable bonds is 5. The van der Waals surface area contributed by atoms with Crippen molar-refractivity contribution in [1.82, 2.24) is 5.32 Å². The van der Waals surface area contributed by atoms with Gasteiger partial charge in [0, 0.05) is 13.2 Å². The maximum absolute atomic E-state index is 11.3. The zero-order chi connectivity index (χ0) is 12.1. The molecule has 0 heterocycles. The molecule has 0 spiro atoms. The molecular weight excluding hydrogens is 198 g/mol. The van der Waals surface area contributed by atoms with Crippen LogP contribution in [0.4, 0.5) is 0 Å². The summed E-state index contributed by atoms with van der Waals surface area (Å²) in [7, 11) is 1.42. The van der Waals surface area contributed by atoms with Crippen LogP contribution in [0.1, 0.15) is 27.2 Å². The molecule has 0 aromatic heterocycles. The maximum Gasteiger partial charge on any atom is 0.305 e. The van der Waals surface area contributed by atoms with Gasteiger partial charge in [-0.3, -0.25) is 9.59 Å². The summed E-state index contributed by atoms with van der Waals surface area (Å²) in [5.74, 6) is -1.22. The summed E-state index contributed by atoms with van der Waals surface area (Å²) in [4.78, 5) is 21.9. The second-order valence-electron chi connectivity index (χ2n) is 4.52. The lowest BCUT2D eigenvalue weighted by Gasteiger charge is -2.30. The topological polar surface area (TPSA) is 75.6 Å². The van der Waals surface area contributed by atoms with Crippen LogP contribution >= 0.6 is 0 Å². The van der Waals surface area contributed by atoms with Gasteiger partial charge in [0.15, 0.2) is 0 Å². The fourth-order valence-corrected chi connectivity index (χ4v) is 1.12. The third-order valence-corrected chi connectivity index (χ3v) is 2.03. The van der Waals surface area contributed by atoms with Crippen molar-refractivity contribution < 1.29 is 19.4 Å². The van der Waals surface area contributed by atoms with Crippen molar-refractivity contribution in [1.29, 1.82) is 0 Å². The van der Waals surface area contributed by atoms with E-state index in [4.69, 9.17) is 5.11 Å². The molecule has 5 heteroatoms. The van der Waals surface area contributed by atoms with E-state index in [1.54, 1.807) is 0 Å². The third-order valence-electron chi connectivity index (χ3n) is 2.03. The molecule has 5 nitrogen and oxygen atoms in total. The lowest BCUT2D eigenvalue weighted by Crippen LogP contribution is -2.46. The Morgan fingerprint density at radius 3 is 2.27 bits per heavy atom. The van der Waals surface area contributed by atoms with E-state index in [0.29, 0.717) is 0 Å². The van der Waals surface area contributed by atoms with Crippen molar-refractivity contribution in [3.05, 3.63) is 0 Å². The molecule has 0 bridgehead atoms. The van der Waals surface area contributed by atoms with Crippen molar-refractivity contribution in [2.45, 2.75) is 33.2 Å². The molecule has 0 aliphatic carbocycles. The highest BCUT2D eigenvalue weighted by molar-refractivity contribution is 5.78. The molecule has 0 saturated heterocycles. The second kappa shape index (κ2) is 5.70. The molecule has 1 amide bonds. The predicted octanol–water partition coefficient (Wildman–Crippen LogP) is 0.638. The molecule has 15 heavy (non-hydrogen) atoms. The van der Waals surface area contributed by atoms with Crippen LogP contribution in [0.5, 0.6) is 0 Å². The Kier molecular flexibility index (Phi) is 5.28. The van der Waals surface area contributed by atoms with E-state index in [1.807, 2.05) is 20.8 Å². The van der Waals surface area contributed by atoms with Gasteiger partial charge in [-0.2, -0.15) is 0 Å². The van der Waals surface area contributed by atoms with Crippen molar-refractivity contribution in [3.63, 3.8) is 0 Å². The molecular formula is C10H19NO4. The van der Waals surface area contributed by atoms with Crippen LogP contribution in [0.25, 0.3) is 0 Å². The number of hydrogen-bond donors (Lipinski definition) is 2. The normalized spacial score (nSPS) is 13.3. The second-order valence-corrected chi connectivity index (χ2v) is 4.52. The molecule has 0 aromatic rings. The van der Waals surface area contributed by atoms with E-state index in [1.165, 1.54) is 7.11 Å². The summed E-state index contributed by atoms with van der Waals surface area (Å²) >= 11 is 0. The van der Waals surface area contributed by atoms with Gasteiger partial charge in [-0.1, -0.05) is 20.8 Å². The van der Waals surface area contributed by atoms with Gasteiger partial charge in [0.1, 0.15) is 6.61 Å². The van der Waals surface area contributed by atoms with Gasteiger partial charge in [0.05, 0.1) is 6.42 Å². The number of ether oxygens (including phenoxy) is 1. The Balaban J connectivity index is 4.38. The molecule has 88 valence electrons. The van der Waals surface area contributed by atoms with Gasteiger partial charge in [-0.15, -0.1) is 0 Å². The fraction of sp³-hybridized carbons (Fsp3) is 0.800. The smallest absolute Gasteiger partial charge is 0.305 e. The Bertz CT molecular complexity index is 232. The van der Waals surface area contributed by atoms with Crippen LogP contribution in [0.15, 0.2) is 0 Å². The highest BCUT2D eigenvalue weighted by atomic mass is 16.5. The Morgan fingerprint density at radius 1 is 1.40 bits per heavy atom. The molecule has 1 atom stereocenters. The van der Waals surface area contributed by atoms with Gasteiger partial charge in [0.2, 0.25) is 5.91 Å². The van der Waals surface area contributed by atoms with Crippen molar-refractivity contribution in [3.8, 4) is 0 Å². The number of carbonyl (C=O) groups excluding carboxylic acids is 1. The van der Waals surface area contributed by atoms with Crippen molar-refractivity contribution >= 4 is 11.9 Å². The van der Waals surface area contributed by atoms with Crippen LogP contribution in [0.3, 0.4) is 0 Å². The molecule has 0 aliphatic rings. The molecule has 1 unspecified atom stereocenters. The number of carbonyl (C=O) groups is 2. The van der Waals surface area contributed by atoms with E-state index < -0.39 is 12.0 Å². The molecule has 0 saturated carbocycles. The first kappa shape index (κ1) is 13.9. The first-order chi connectivity index (χ1) is 6.77. The van der Waals surface area contributed by atoms with Gasteiger partial charge < -0.3 is 15.2 Å². The van der Waals surface area contributed by atoms with E-state index in [0.717, 1.165) is 0 Å². The van der Waals surface area contributed by atoms with Gasteiger partial charge in [-0.05, 0) is 5.41 Å². The standard InChI is InChI=1S/C10H19NO4/c1-10(2,3)7(5-9(13)14)11-8(12)6-15-4/h7H,5-6H2,1-4H3,(H,11,12)(H,13,14). The van der Waals surface area contributed by atoms with Gasteiger partial charge in [0.25, 0.3) is 0 Å². The fourth-order valence-electron chi connectivity index (χ4n) is 1.12. The summed E-state index contributed by atoms with van der Waals surface area (Å²) < 4.78 is 4.66. The highest BCUT2D eigenvalue weighted by Crippen LogP contribution is 2.21. The number of carboxylic acids is 1. The number of hydrogen-bond acceptors (Lipinski definition) is 3. The molecule has 0 fully saturated rings. The minimum absolute atomic E-state index is 0.0494. The van der Waals surface area contributed by atoms with Crippen molar-refractivity contribution in [2.24, 2.45) is 5.41 Å². The van der Waals surface area contributed by atoms with E-state index in [9.17, 15) is 9.59 Å². The van der Waals surface area contributed by atoms with E-state index in [2.05, 4.69) is 10.1 Å². The monoisotopic (exact) mass is 217 g/mol. The zero-order valence-electron chi connectivity index (χ0n) is 9.66. The van der Waals surface area contributed by atoms with Crippen LogP contribution in [0.2, 0.25) is 0 Å². The van der Waals surface area contributed by atoms with Gasteiger partial charge >= 0.3 is 5.97 Å². The summed E-state index contributed by atoms with van der Waals surface area (Å²) in [5, 5.41) is 11.4. The number of nitrogens with one attached hydrogen (secondary N) is 1. The summed E-state index contributed by atoms with van der Waals surface area (Å²) in [6, 6.07) is -0.391. The predicted molar refractivity (Wildman–Crippen MR) is 55.5 cm³/mol. The largest absolute Gasteiger partial charge is 0.481 e. The minimum Gasteiger partial charge on any atom is -0.481 e. The third kappa shape index (κ3) is 6.06. The molecule has 2 N–H and O–H groups in total. The van der Waals surface area contributed by atoms with Crippen LogP contribution in [0, 0.1) is 5.41 Å². The van der Waals surface area contributed by atoms with Gasteiger partial charge in [-0.25, -0.2) is 0 Å². The molecule has 0 aliphatic heterocycles. The number of amides is 1. The molecule has 0 radical (unpaired) electrons. The zero-order valence-corrected chi connectivity index (χ0v) is 9.66. The number of aliphatic carboxylic acids is 1. The number of methoxy groups -OCH3 is 1. The average molecular weight is 217 g/mol. The quantitative estimate of drug-likeness (QED) is 0.708. The number of carboxylic acid groups (broad SMARTS) is 1. The Morgan fingerprint density at radius 2 is 1.93 bits per heavy atom. The molecule has 0 aromatic carbocycles. The maximum atomic E-state index is 11.3. The van der Waals surface area contributed by atoms with E-state index in [-0.39, 0.29) is 24.3 Å². The van der Waals surface area contributed by atoms with Crippen LogP contribution in [-0.4, -0.2) is 36.7 Å². The Hall–Kier alpha value is -1.10. The van der Waals surface area contributed by atoms with E-state index >= 15 is 0 Å². The SMILES string of the molecule is COCC(=O)NC(CC(=O)O)C(C)(C)C. The summed E-state index contributed by atoms with van der Waals surface area (Å²) in [6.45, 7) is 5.60.